The van der Waals surface area contributed by atoms with Gasteiger partial charge >= 0.3 is 0 Å². The molecule has 3 rings (SSSR count). The summed E-state index contributed by atoms with van der Waals surface area (Å²) < 4.78 is 11.2. The molecule has 4 nitrogen and oxygen atoms in total. The zero-order valence-electron chi connectivity index (χ0n) is 10.8. The van der Waals surface area contributed by atoms with Crippen molar-refractivity contribution in [1.29, 1.82) is 0 Å². The van der Waals surface area contributed by atoms with Crippen LogP contribution >= 0.6 is 22.9 Å². The summed E-state index contributed by atoms with van der Waals surface area (Å²) in [5, 5.41) is 0. The molecule has 2 heterocycles. The third-order valence-corrected chi connectivity index (χ3v) is 4.20. The van der Waals surface area contributed by atoms with Gasteiger partial charge in [0.1, 0.15) is 0 Å². The summed E-state index contributed by atoms with van der Waals surface area (Å²) in [6.07, 6.45) is 0. The summed E-state index contributed by atoms with van der Waals surface area (Å²) in [6.45, 7) is 0.737. The topological polar surface area (TPSA) is 38.8 Å². The van der Waals surface area contributed by atoms with Crippen LogP contribution in [0.3, 0.4) is 0 Å². The number of hydrogen-bond donors (Lipinski definition) is 0. The van der Waals surface area contributed by atoms with E-state index < -0.39 is 0 Å². The van der Waals surface area contributed by atoms with Crippen LogP contribution in [0.25, 0.3) is 0 Å². The zero-order valence-corrected chi connectivity index (χ0v) is 12.3. The Morgan fingerprint density at radius 1 is 1.30 bits per heavy atom. The largest absolute Gasteiger partial charge is 0.454 e. The number of ether oxygens (including phenoxy) is 2. The molecule has 0 saturated heterocycles. The van der Waals surface area contributed by atoms with Gasteiger partial charge in [0.2, 0.25) is 6.79 Å². The highest BCUT2D eigenvalue weighted by Crippen LogP contribution is 2.33. The molecule has 0 bridgehead atoms. The van der Waals surface area contributed by atoms with Crippen molar-refractivity contribution in [3.8, 4) is 11.5 Å². The van der Waals surface area contributed by atoms with Crippen LogP contribution in [0.2, 0.25) is 4.34 Å². The average Bonchev–Trinajstić information content (AvgIpc) is 3.05. The Hall–Kier alpha value is -1.72. The number of hydrogen-bond acceptors (Lipinski definition) is 4. The summed E-state index contributed by atoms with van der Waals surface area (Å²) >= 11 is 7.36. The van der Waals surface area contributed by atoms with Crippen LogP contribution in [0.15, 0.2) is 30.3 Å². The molecular weight excluding hydrogens is 298 g/mol. The van der Waals surface area contributed by atoms with Gasteiger partial charge in [-0.25, -0.2) is 0 Å². The van der Waals surface area contributed by atoms with Crippen LogP contribution in [0.1, 0.15) is 15.2 Å². The first kappa shape index (κ1) is 13.3. The molecule has 6 heteroatoms. The highest BCUT2D eigenvalue weighted by molar-refractivity contribution is 7.16. The number of nitrogens with zero attached hydrogens (tertiary/aromatic N) is 1. The SMILES string of the molecule is CN(Cc1ccc(Cl)s1)C(=O)c1ccc2c(c1)OCO2. The van der Waals surface area contributed by atoms with Gasteiger partial charge in [0.15, 0.2) is 11.5 Å². The van der Waals surface area contributed by atoms with Crippen molar-refractivity contribution in [2.75, 3.05) is 13.8 Å². The average molecular weight is 310 g/mol. The molecule has 1 aromatic heterocycles. The lowest BCUT2D eigenvalue weighted by Crippen LogP contribution is -2.25. The van der Waals surface area contributed by atoms with Crippen LogP contribution in [0.5, 0.6) is 11.5 Å². The van der Waals surface area contributed by atoms with Gasteiger partial charge in [0.25, 0.3) is 5.91 Å². The molecule has 0 N–H and O–H groups in total. The van der Waals surface area contributed by atoms with Crippen LogP contribution < -0.4 is 9.47 Å². The maximum Gasteiger partial charge on any atom is 0.254 e. The Labute approximate surface area is 125 Å². The molecule has 0 unspecified atom stereocenters. The maximum atomic E-state index is 12.4. The van der Waals surface area contributed by atoms with E-state index in [1.54, 1.807) is 30.1 Å². The number of benzene rings is 1. The normalized spacial score (nSPS) is 12.5. The Kier molecular flexibility index (Phi) is 3.54. The number of thiophene rings is 1. The lowest BCUT2D eigenvalue weighted by molar-refractivity contribution is 0.0786. The quantitative estimate of drug-likeness (QED) is 0.872. The molecule has 0 spiro atoms. The Morgan fingerprint density at radius 2 is 2.10 bits per heavy atom. The molecule has 0 saturated carbocycles. The number of rotatable bonds is 3. The van der Waals surface area contributed by atoms with Crippen LogP contribution in [-0.2, 0) is 6.54 Å². The van der Waals surface area contributed by atoms with E-state index in [0.29, 0.717) is 23.6 Å². The first-order chi connectivity index (χ1) is 9.63. The summed E-state index contributed by atoms with van der Waals surface area (Å²) in [4.78, 5) is 15.1. The van der Waals surface area contributed by atoms with E-state index in [9.17, 15) is 4.79 Å². The van der Waals surface area contributed by atoms with Gasteiger partial charge in [-0.15, -0.1) is 11.3 Å². The Bertz CT molecular complexity index is 656. The number of carbonyl (C=O) groups is 1. The molecule has 20 heavy (non-hydrogen) atoms. The second-order valence-electron chi connectivity index (χ2n) is 4.44. The Morgan fingerprint density at radius 3 is 2.85 bits per heavy atom. The second-order valence-corrected chi connectivity index (χ2v) is 6.23. The van der Waals surface area contributed by atoms with Crippen LogP contribution in [0, 0.1) is 0 Å². The van der Waals surface area contributed by atoms with Gasteiger partial charge in [0.05, 0.1) is 10.9 Å². The van der Waals surface area contributed by atoms with Gasteiger partial charge in [-0.3, -0.25) is 4.79 Å². The molecule has 0 fully saturated rings. The highest BCUT2D eigenvalue weighted by atomic mass is 35.5. The number of carbonyl (C=O) groups excluding carboxylic acids is 1. The fourth-order valence-corrected chi connectivity index (χ4v) is 3.13. The van der Waals surface area contributed by atoms with Crippen LogP contribution in [0.4, 0.5) is 0 Å². The number of fused-ring (bicyclic) bond motifs is 1. The van der Waals surface area contributed by atoms with Crippen molar-refractivity contribution in [3.63, 3.8) is 0 Å². The standard InChI is InChI=1S/C14H12ClNO3S/c1-16(7-10-3-5-13(15)20-10)14(17)9-2-4-11-12(6-9)19-8-18-11/h2-6H,7-8H2,1H3. The smallest absolute Gasteiger partial charge is 0.254 e. The molecule has 2 aromatic rings. The molecular formula is C14H12ClNO3S. The molecule has 0 atom stereocenters. The van der Waals surface area contributed by atoms with Gasteiger partial charge in [-0.1, -0.05) is 11.6 Å². The van der Waals surface area contributed by atoms with Gasteiger partial charge in [0, 0.05) is 17.5 Å². The summed E-state index contributed by atoms with van der Waals surface area (Å²) in [6, 6.07) is 8.97. The monoisotopic (exact) mass is 309 g/mol. The predicted octanol–water partition coefficient (Wildman–Crippen LogP) is 3.40. The van der Waals surface area contributed by atoms with Gasteiger partial charge in [-0.05, 0) is 30.3 Å². The maximum absolute atomic E-state index is 12.4. The van der Waals surface area contributed by atoms with Crippen molar-refractivity contribution in [1.82, 2.24) is 4.90 Å². The molecule has 0 radical (unpaired) electrons. The Balaban J connectivity index is 1.74. The minimum atomic E-state index is -0.0622. The van der Waals surface area contributed by atoms with Crippen molar-refractivity contribution in [2.45, 2.75) is 6.54 Å². The first-order valence-electron chi connectivity index (χ1n) is 6.03. The molecule has 1 aliphatic rings. The molecule has 0 aliphatic carbocycles. The summed E-state index contributed by atoms with van der Waals surface area (Å²) in [5.41, 5.74) is 0.583. The van der Waals surface area contributed by atoms with Crippen molar-refractivity contribution >= 4 is 28.8 Å². The molecule has 104 valence electrons. The lowest BCUT2D eigenvalue weighted by atomic mass is 10.2. The van der Waals surface area contributed by atoms with Crippen molar-refractivity contribution < 1.29 is 14.3 Å². The van der Waals surface area contributed by atoms with E-state index in [0.717, 1.165) is 9.21 Å². The fourth-order valence-electron chi connectivity index (χ4n) is 1.99. The number of amides is 1. The molecule has 1 aliphatic heterocycles. The molecule has 1 amide bonds. The third kappa shape index (κ3) is 2.59. The van der Waals surface area contributed by atoms with E-state index in [1.165, 1.54) is 11.3 Å². The van der Waals surface area contributed by atoms with Gasteiger partial charge in [-0.2, -0.15) is 0 Å². The second kappa shape index (κ2) is 5.34. The van der Waals surface area contributed by atoms with E-state index in [-0.39, 0.29) is 12.7 Å². The zero-order chi connectivity index (χ0) is 14.1. The van der Waals surface area contributed by atoms with Crippen LogP contribution in [-0.4, -0.2) is 24.6 Å². The first-order valence-corrected chi connectivity index (χ1v) is 7.22. The van der Waals surface area contributed by atoms with Crippen molar-refractivity contribution in [3.05, 3.63) is 45.1 Å². The van der Waals surface area contributed by atoms with Crippen molar-refractivity contribution in [2.24, 2.45) is 0 Å². The summed E-state index contributed by atoms with van der Waals surface area (Å²) in [7, 11) is 1.76. The summed E-state index contributed by atoms with van der Waals surface area (Å²) in [5.74, 6) is 1.23. The van der Waals surface area contributed by atoms with Gasteiger partial charge < -0.3 is 14.4 Å². The highest BCUT2D eigenvalue weighted by Gasteiger charge is 2.18. The fraction of sp³-hybridized carbons (Fsp3) is 0.214. The van der Waals surface area contributed by atoms with E-state index >= 15 is 0 Å². The minimum absolute atomic E-state index is 0.0622. The van der Waals surface area contributed by atoms with E-state index in [1.807, 2.05) is 12.1 Å². The van der Waals surface area contributed by atoms with E-state index in [4.69, 9.17) is 21.1 Å². The van der Waals surface area contributed by atoms with E-state index in [2.05, 4.69) is 0 Å². The predicted molar refractivity (Wildman–Crippen MR) is 77.7 cm³/mol. The number of halogens is 1. The third-order valence-electron chi connectivity index (χ3n) is 2.99. The molecule has 1 aromatic carbocycles. The lowest BCUT2D eigenvalue weighted by Gasteiger charge is -2.16. The minimum Gasteiger partial charge on any atom is -0.454 e.